The fraction of sp³-hybridized carbons (Fsp3) is 0.414. The lowest BCUT2D eigenvalue weighted by atomic mass is 9.91. The summed E-state index contributed by atoms with van der Waals surface area (Å²) >= 11 is 0.925. The normalized spacial score (nSPS) is 19.4. The van der Waals surface area contributed by atoms with Gasteiger partial charge in [0.15, 0.2) is 11.6 Å². The van der Waals surface area contributed by atoms with Crippen LogP contribution in [-0.4, -0.2) is 83.0 Å². The number of carbonyl (C=O) groups is 1. The number of likely N-dealkylation sites (tertiary alicyclic amines) is 1. The minimum Gasteiger partial charge on any atom is -0.389 e. The zero-order valence-electron chi connectivity index (χ0n) is 24.1. The fourth-order valence-corrected chi connectivity index (χ4v) is 7.14. The molecular formula is C29H29F2N9O2S. The number of rotatable bonds is 5. The van der Waals surface area contributed by atoms with E-state index in [1.165, 1.54) is 0 Å². The van der Waals surface area contributed by atoms with Crippen molar-refractivity contribution in [3.8, 4) is 17.3 Å². The molecule has 0 bridgehead atoms. The number of ether oxygens (including phenoxy) is 1. The summed E-state index contributed by atoms with van der Waals surface area (Å²) in [6, 6.07) is 1.51. The topological polar surface area (TPSA) is 137 Å². The molecule has 6 heterocycles. The fourth-order valence-electron chi connectivity index (χ4n) is 6.22. The zero-order valence-corrected chi connectivity index (χ0v) is 24.9. The lowest BCUT2D eigenvalue weighted by Crippen LogP contribution is -2.67. The van der Waals surface area contributed by atoms with Gasteiger partial charge in [0.05, 0.1) is 46.3 Å². The maximum Gasteiger partial charge on any atom is 0.244 e. The Labute approximate surface area is 249 Å². The van der Waals surface area contributed by atoms with Crippen molar-refractivity contribution in [1.82, 2.24) is 24.8 Å². The van der Waals surface area contributed by atoms with Crippen molar-refractivity contribution in [2.75, 3.05) is 56.7 Å². The third-order valence-corrected chi connectivity index (χ3v) is 10.0. The van der Waals surface area contributed by atoms with Crippen LogP contribution in [0.25, 0.3) is 32.2 Å². The highest BCUT2D eigenvalue weighted by atomic mass is 32.1. The molecule has 7 rings (SSSR count). The molecule has 1 atom stereocenters. The van der Waals surface area contributed by atoms with Crippen LogP contribution in [0.5, 0.6) is 0 Å². The first kappa shape index (κ1) is 27.6. The Bertz CT molecular complexity index is 1900. The Hall–Kier alpha value is -4.19. The van der Waals surface area contributed by atoms with E-state index >= 15 is 4.39 Å². The number of anilines is 3. The number of hydrogen-bond donors (Lipinski definition) is 2. The van der Waals surface area contributed by atoms with E-state index in [4.69, 9.17) is 20.4 Å². The highest BCUT2D eigenvalue weighted by Gasteiger charge is 2.43. The van der Waals surface area contributed by atoms with Crippen LogP contribution in [-0.2, 0) is 22.7 Å². The molecule has 3 aliphatic heterocycles. The van der Waals surface area contributed by atoms with Crippen LogP contribution in [0, 0.1) is 23.0 Å². The number of aromatic nitrogens is 3. The van der Waals surface area contributed by atoms with E-state index in [-0.39, 0.29) is 62.1 Å². The van der Waals surface area contributed by atoms with E-state index in [9.17, 15) is 14.4 Å². The minimum atomic E-state index is -0.689. The zero-order chi connectivity index (χ0) is 30.4. The molecule has 0 aliphatic carbocycles. The van der Waals surface area contributed by atoms with Crippen molar-refractivity contribution < 1.29 is 18.3 Å². The third-order valence-electron chi connectivity index (χ3n) is 8.99. The second-order valence-electron chi connectivity index (χ2n) is 11.8. The Morgan fingerprint density at radius 1 is 1.23 bits per heavy atom. The van der Waals surface area contributed by atoms with Crippen molar-refractivity contribution in [2.24, 2.45) is 0 Å². The Morgan fingerprint density at radius 3 is 2.65 bits per heavy atom. The smallest absolute Gasteiger partial charge is 0.244 e. The van der Waals surface area contributed by atoms with Gasteiger partial charge in [-0.25, -0.2) is 13.8 Å². The van der Waals surface area contributed by atoms with Crippen LogP contribution >= 0.6 is 11.3 Å². The largest absolute Gasteiger partial charge is 0.389 e. The van der Waals surface area contributed by atoms with Gasteiger partial charge in [-0.1, -0.05) is 0 Å². The highest BCUT2D eigenvalue weighted by Crippen LogP contribution is 2.46. The van der Waals surface area contributed by atoms with E-state index < -0.39 is 17.7 Å². The summed E-state index contributed by atoms with van der Waals surface area (Å²) in [5.74, 6) is -0.721. The molecule has 11 nitrogen and oxygen atoms in total. The van der Waals surface area contributed by atoms with Crippen LogP contribution in [0.3, 0.4) is 0 Å². The molecule has 3 N–H and O–H groups in total. The van der Waals surface area contributed by atoms with Crippen LogP contribution in [0.1, 0.15) is 30.0 Å². The molecule has 0 radical (unpaired) electrons. The first-order valence-corrected chi connectivity index (χ1v) is 14.7. The number of nitrogens with one attached hydrogen (secondary N) is 1. The van der Waals surface area contributed by atoms with Crippen LogP contribution in [0.15, 0.2) is 6.20 Å². The van der Waals surface area contributed by atoms with Crippen LogP contribution in [0.4, 0.5) is 25.5 Å². The summed E-state index contributed by atoms with van der Waals surface area (Å²) in [7, 11) is 5.76. The number of nitrogen functional groups attached to an aromatic ring is 1. The van der Waals surface area contributed by atoms with E-state index in [0.717, 1.165) is 17.5 Å². The third kappa shape index (κ3) is 4.02. The van der Waals surface area contributed by atoms with Gasteiger partial charge in [-0.2, -0.15) is 10.2 Å². The molecule has 1 amide bonds. The lowest BCUT2D eigenvalue weighted by molar-refractivity contribution is -0.127. The second kappa shape index (κ2) is 9.66. The maximum atomic E-state index is 17.0. The van der Waals surface area contributed by atoms with Gasteiger partial charge in [0.25, 0.3) is 0 Å². The molecule has 0 saturated carbocycles. The molecule has 0 spiro atoms. The molecule has 14 heteroatoms. The van der Waals surface area contributed by atoms with E-state index in [0.29, 0.717) is 54.3 Å². The van der Waals surface area contributed by atoms with Crippen molar-refractivity contribution in [1.29, 1.82) is 5.26 Å². The first-order valence-electron chi connectivity index (χ1n) is 13.9. The average Bonchev–Trinajstić information content (AvgIpc) is 3.66. The maximum absolute atomic E-state index is 17.0. The number of benzene rings is 1. The SMILES string of the molecule is CN1CCC(Nc2nc(N3CC(C)(N(C)C)C3)nc3c(F)c(-c4ncc(F)c5sc(N)c(C#N)c45)c4c(c23)COC4)C1=O. The summed E-state index contributed by atoms with van der Waals surface area (Å²) in [4.78, 5) is 32.5. The predicted molar refractivity (Wildman–Crippen MR) is 160 cm³/mol. The standard InChI is InChI=1S/C29H29F2N9O2S/c1-29(38(2)3)11-40(12-29)28-36-23-20(26(37-28)35-17-5-6-39(4)27(17)41)15-10-42-9-14(15)18(21(23)31)22-19-13(7-32)25(33)43-24(19)16(30)8-34-22/h8,17H,5-6,9-12,33H2,1-4H3,(H,35,36,37). The number of amides is 1. The average molecular weight is 606 g/mol. The van der Waals surface area contributed by atoms with Crippen molar-refractivity contribution >= 4 is 55.0 Å². The van der Waals surface area contributed by atoms with E-state index in [1.807, 2.05) is 25.1 Å². The van der Waals surface area contributed by atoms with Gasteiger partial charge in [0, 0.05) is 37.6 Å². The molecule has 1 aromatic carbocycles. The van der Waals surface area contributed by atoms with Gasteiger partial charge in [-0.05, 0) is 38.6 Å². The molecule has 2 saturated heterocycles. The van der Waals surface area contributed by atoms with E-state index in [2.05, 4.69) is 22.1 Å². The Morgan fingerprint density at radius 2 is 1.98 bits per heavy atom. The van der Waals surface area contributed by atoms with Gasteiger partial charge in [0.2, 0.25) is 11.9 Å². The van der Waals surface area contributed by atoms with Crippen molar-refractivity contribution in [3.63, 3.8) is 0 Å². The number of thiophene rings is 1. The summed E-state index contributed by atoms with van der Waals surface area (Å²) in [5.41, 5.74) is 7.41. The molecule has 43 heavy (non-hydrogen) atoms. The Balaban J connectivity index is 1.49. The lowest BCUT2D eigenvalue weighted by Gasteiger charge is -2.51. The number of likely N-dealkylation sites (N-methyl/N-ethyl adjacent to an activating group) is 2. The molecule has 222 valence electrons. The number of nitrogens with zero attached hydrogens (tertiary/aromatic N) is 7. The number of pyridine rings is 1. The number of carbonyl (C=O) groups excluding carboxylic acids is 1. The first-order chi connectivity index (χ1) is 20.5. The molecule has 3 aromatic heterocycles. The number of fused-ring (bicyclic) bond motifs is 4. The minimum absolute atomic E-state index is 0.0324. The summed E-state index contributed by atoms with van der Waals surface area (Å²) in [5, 5.41) is 13.9. The van der Waals surface area contributed by atoms with Gasteiger partial charge in [0.1, 0.15) is 28.4 Å². The summed E-state index contributed by atoms with van der Waals surface area (Å²) < 4.78 is 37.8. The van der Waals surface area contributed by atoms with Crippen molar-refractivity contribution in [2.45, 2.75) is 38.1 Å². The van der Waals surface area contributed by atoms with Gasteiger partial charge < -0.3 is 30.5 Å². The molecule has 2 fully saturated rings. The van der Waals surface area contributed by atoms with Gasteiger partial charge in [-0.15, -0.1) is 11.3 Å². The summed E-state index contributed by atoms with van der Waals surface area (Å²) in [6.45, 7) is 4.19. The second-order valence-corrected chi connectivity index (χ2v) is 12.9. The van der Waals surface area contributed by atoms with Gasteiger partial charge >= 0.3 is 0 Å². The molecule has 1 unspecified atom stereocenters. The van der Waals surface area contributed by atoms with Crippen molar-refractivity contribution in [3.05, 3.63) is 34.5 Å². The molecular weight excluding hydrogens is 576 g/mol. The Kier molecular flexibility index (Phi) is 6.21. The van der Waals surface area contributed by atoms with E-state index in [1.54, 1.807) is 11.9 Å². The number of nitriles is 1. The van der Waals surface area contributed by atoms with Crippen LogP contribution in [0.2, 0.25) is 0 Å². The number of hydrogen-bond acceptors (Lipinski definition) is 11. The summed E-state index contributed by atoms with van der Waals surface area (Å²) in [6.07, 6.45) is 1.59. The number of nitrogens with two attached hydrogens (primary N) is 1. The highest BCUT2D eigenvalue weighted by molar-refractivity contribution is 7.23. The molecule has 4 aromatic rings. The van der Waals surface area contributed by atoms with Gasteiger partial charge in [-0.3, -0.25) is 9.78 Å². The van der Waals surface area contributed by atoms with Crippen LogP contribution < -0.4 is 16.0 Å². The monoisotopic (exact) mass is 605 g/mol. The predicted octanol–water partition coefficient (Wildman–Crippen LogP) is 3.45. The number of halogens is 2. The molecule has 3 aliphatic rings. The quantitative estimate of drug-likeness (QED) is 0.348.